The van der Waals surface area contributed by atoms with Crippen LogP contribution < -0.4 is 9.64 Å². The largest absolute Gasteiger partial charge is 0.464 e. The molecule has 0 saturated carbocycles. The highest BCUT2D eigenvalue weighted by Crippen LogP contribution is 2.14. The van der Waals surface area contributed by atoms with E-state index < -0.39 is 0 Å². The average Bonchev–Trinajstić information content (AvgIpc) is 2.25. The van der Waals surface area contributed by atoms with E-state index in [4.69, 9.17) is 16.3 Å². The summed E-state index contributed by atoms with van der Waals surface area (Å²) >= 11 is 5.79. The lowest BCUT2D eigenvalue weighted by atomic mass is 10.3. The molecule has 6 heteroatoms. The van der Waals surface area contributed by atoms with Crippen LogP contribution in [0.4, 0.5) is 5.95 Å². The van der Waals surface area contributed by atoms with Crippen LogP contribution in [0.3, 0.4) is 0 Å². The zero-order chi connectivity index (χ0) is 12.0. The molecule has 0 radical (unpaired) electrons. The highest BCUT2D eigenvalue weighted by atomic mass is 35.5. The minimum Gasteiger partial charge on any atom is -0.464 e. The lowest BCUT2D eigenvalue weighted by Gasteiger charge is -2.16. The van der Waals surface area contributed by atoms with E-state index in [0.717, 1.165) is 19.4 Å². The molecule has 0 fully saturated rings. The second-order valence-corrected chi connectivity index (χ2v) is 3.73. The molecular formula is C10H17ClN4O. The van der Waals surface area contributed by atoms with Gasteiger partial charge in [-0.15, -0.1) is 0 Å². The molecule has 0 amide bonds. The van der Waals surface area contributed by atoms with Crippen molar-refractivity contribution >= 4 is 17.5 Å². The maximum Gasteiger partial charge on any atom is 0.322 e. The van der Waals surface area contributed by atoms with E-state index in [9.17, 15) is 0 Å². The highest BCUT2D eigenvalue weighted by molar-refractivity contribution is 6.28. The van der Waals surface area contributed by atoms with Gasteiger partial charge in [0.15, 0.2) is 0 Å². The van der Waals surface area contributed by atoms with Gasteiger partial charge in [0.25, 0.3) is 0 Å². The number of hydrogen-bond donors (Lipinski definition) is 0. The van der Waals surface area contributed by atoms with Gasteiger partial charge in [-0.05, 0) is 24.9 Å². The fraction of sp³-hybridized carbons (Fsp3) is 0.700. The summed E-state index contributed by atoms with van der Waals surface area (Å²) in [5.41, 5.74) is 0. The summed E-state index contributed by atoms with van der Waals surface area (Å²) in [7, 11) is 1.93. The number of anilines is 1. The van der Waals surface area contributed by atoms with Crippen LogP contribution in [0, 0.1) is 0 Å². The Morgan fingerprint density at radius 3 is 2.62 bits per heavy atom. The Bertz CT molecular complexity index is 335. The maximum atomic E-state index is 5.79. The molecule has 0 aliphatic carbocycles. The van der Waals surface area contributed by atoms with Crippen LogP contribution in [0.5, 0.6) is 6.01 Å². The van der Waals surface area contributed by atoms with Gasteiger partial charge in [0.1, 0.15) is 0 Å². The Morgan fingerprint density at radius 2 is 2.00 bits per heavy atom. The Morgan fingerprint density at radius 1 is 1.25 bits per heavy atom. The minimum atomic E-state index is 0.164. The predicted molar refractivity (Wildman–Crippen MR) is 64.2 cm³/mol. The third-order valence-corrected chi connectivity index (χ3v) is 2.21. The molecule has 90 valence electrons. The van der Waals surface area contributed by atoms with Crippen LogP contribution in [0.25, 0.3) is 0 Å². The number of unbranched alkanes of at least 4 members (excludes halogenated alkanes) is 1. The minimum absolute atomic E-state index is 0.164. The molecule has 0 spiro atoms. The van der Waals surface area contributed by atoms with Crippen molar-refractivity contribution in [2.45, 2.75) is 26.7 Å². The van der Waals surface area contributed by atoms with Crippen LogP contribution in [-0.2, 0) is 0 Å². The molecule has 5 nitrogen and oxygen atoms in total. The van der Waals surface area contributed by atoms with Crippen molar-refractivity contribution in [3.63, 3.8) is 0 Å². The van der Waals surface area contributed by atoms with E-state index in [1.807, 2.05) is 18.9 Å². The summed E-state index contributed by atoms with van der Waals surface area (Å²) in [6.45, 7) is 5.42. The molecule has 1 rings (SSSR count). The normalized spacial score (nSPS) is 10.2. The number of aromatic nitrogens is 3. The summed E-state index contributed by atoms with van der Waals surface area (Å²) < 4.78 is 5.21. The smallest absolute Gasteiger partial charge is 0.322 e. The van der Waals surface area contributed by atoms with Crippen LogP contribution >= 0.6 is 11.6 Å². The molecule has 0 aromatic carbocycles. The van der Waals surface area contributed by atoms with Gasteiger partial charge in [-0.2, -0.15) is 15.0 Å². The molecule has 16 heavy (non-hydrogen) atoms. The Hall–Kier alpha value is -1.10. The van der Waals surface area contributed by atoms with E-state index in [0.29, 0.717) is 12.6 Å². The molecule has 1 aromatic heterocycles. The van der Waals surface area contributed by atoms with Gasteiger partial charge in [-0.3, -0.25) is 0 Å². The third-order valence-electron chi connectivity index (χ3n) is 2.04. The zero-order valence-corrected chi connectivity index (χ0v) is 10.7. The lowest BCUT2D eigenvalue weighted by Crippen LogP contribution is -2.21. The van der Waals surface area contributed by atoms with Crippen molar-refractivity contribution in [3.05, 3.63) is 5.28 Å². The first-order valence-corrected chi connectivity index (χ1v) is 5.80. The van der Waals surface area contributed by atoms with Crippen LogP contribution in [0.15, 0.2) is 0 Å². The summed E-state index contributed by atoms with van der Waals surface area (Å²) in [5.74, 6) is 0.553. The number of ether oxygens (including phenoxy) is 1. The first-order valence-electron chi connectivity index (χ1n) is 5.42. The first-order chi connectivity index (χ1) is 7.67. The summed E-state index contributed by atoms with van der Waals surface area (Å²) in [4.78, 5) is 14.1. The topological polar surface area (TPSA) is 51.1 Å². The van der Waals surface area contributed by atoms with Gasteiger partial charge in [-0.1, -0.05) is 13.3 Å². The molecule has 0 saturated heterocycles. The van der Waals surface area contributed by atoms with E-state index in [-0.39, 0.29) is 11.3 Å². The van der Waals surface area contributed by atoms with E-state index in [1.165, 1.54) is 0 Å². The SMILES string of the molecule is CCCCN(C)c1nc(Cl)nc(OCC)n1. The van der Waals surface area contributed by atoms with Gasteiger partial charge in [0.2, 0.25) is 11.2 Å². The van der Waals surface area contributed by atoms with Crippen molar-refractivity contribution in [3.8, 4) is 6.01 Å². The summed E-state index contributed by atoms with van der Waals surface area (Å²) in [5, 5.41) is 0.164. The number of nitrogens with zero attached hydrogens (tertiary/aromatic N) is 4. The number of hydrogen-bond acceptors (Lipinski definition) is 5. The third kappa shape index (κ3) is 3.81. The first kappa shape index (κ1) is 13.0. The standard InChI is InChI=1S/C10H17ClN4O/c1-4-6-7-15(3)9-12-8(11)13-10(14-9)16-5-2/h4-7H2,1-3H3. The van der Waals surface area contributed by atoms with Crippen LogP contribution in [0.1, 0.15) is 26.7 Å². The van der Waals surface area contributed by atoms with Gasteiger partial charge in [-0.25, -0.2) is 0 Å². The van der Waals surface area contributed by atoms with Crippen LogP contribution in [0.2, 0.25) is 5.28 Å². The molecule has 0 N–H and O–H groups in total. The van der Waals surface area contributed by atoms with Crippen molar-refractivity contribution in [2.75, 3.05) is 25.1 Å². The highest BCUT2D eigenvalue weighted by Gasteiger charge is 2.09. The molecule has 0 aliphatic rings. The summed E-state index contributed by atoms with van der Waals surface area (Å²) in [6, 6.07) is 0.279. The van der Waals surface area contributed by atoms with E-state index in [2.05, 4.69) is 21.9 Å². The van der Waals surface area contributed by atoms with Crippen LogP contribution in [-0.4, -0.2) is 35.2 Å². The molecule has 0 unspecified atom stereocenters. The Balaban J connectivity index is 2.78. The maximum absolute atomic E-state index is 5.79. The van der Waals surface area contributed by atoms with Gasteiger partial charge < -0.3 is 9.64 Å². The molecule has 0 bridgehead atoms. The second kappa shape index (κ2) is 6.48. The number of rotatable bonds is 6. The van der Waals surface area contributed by atoms with Crippen molar-refractivity contribution in [2.24, 2.45) is 0 Å². The van der Waals surface area contributed by atoms with Crippen molar-refractivity contribution in [1.82, 2.24) is 15.0 Å². The average molecular weight is 245 g/mol. The molecule has 1 heterocycles. The fourth-order valence-corrected chi connectivity index (χ4v) is 1.33. The Kier molecular flexibility index (Phi) is 5.25. The number of halogens is 1. The van der Waals surface area contributed by atoms with E-state index >= 15 is 0 Å². The molecule has 0 aliphatic heterocycles. The quantitative estimate of drug-likeness (QED) is 0.768. The predicted octanol–water partition coefficient (Wildman–Crippen LogP) is 2.16. The van der Waals surface area contributed by atoms with Gasteiger partial charge >= 0.3 is 6.01 Å². The summed E-state index contributed by atoms with van der Waals surface area (Å²) in [6.07, 6.45) is 2.21. The molecule has 1 aromatic rings. The van der Waals surface area contributed by atoms with Crippen molar-refractivity contribution < 1.29 is 4.74 Å². The fourth-order valence-electron chi connectivity index (χ4n) is 1.18. The second-order valence-electron chi connectivity index (χ2n) is 3.40. The molecular weight excluding hydrogens is 228 g/mol. The molecule has 0 atom stereocenters. The van der Waals surface area contributed by atoms with Gasteiger partial charge in [0.05, 0.1) is 6.61 Å². The Labute approximate surface area is 101 Å². The lowest BCUT2D eigenvalue weighted by molar-refractivity contribution is 0.311. The van der Waals surface area contributed by atoms with Gasteiger partial charge in [0, 0.05) is 13.6 Å². The monoisotopic (exact) mass is 244 g/mol. The van der Waals surface area contributed by atoms with Crippen molar-refractivity contribution in [1.29, 1.82) is 0 Å². The van der Waals surface area contributed by atoms with E-state index in [1.54, 1.807) is 0 Å². The zero-order valence-electron chi connectivity index (χ0n) is 9.90.